The maximum Gasteiger partial charge on any atom is 0.244 e. The van der Waals surface area contributed by atoms with E-state index in [1.54, 1.807) is 31.3 Å². The van der Waals surface area contributed by atoms with Crippen molar-refractivity contribution in [3.63, 3.8) is 0 Å². The monoisotopic (exact) mass is 338 g/mol. The molecule has 3 aromatic rings. The number of hydrogen-bond acceptors (Lipinski definition) is 6. The SMILES string of the molecule is COc1ccccc1CN(C)C(=O)Cn1nnnc1-c1ccccn1. The fourth-order valence-electron chi connectivity index (χ4n) is 2.42. The molecule has 2 heterocycles. The zero-order valence-electron chi connectivity index (χ0n) is 14.0. The highest BCUT2D eigenvalue weighted by molar-refractivity contribution is 5.76. The van der Waals surface area contributed by atoms with Gasteiger partial charge in [-0.3, -0.25) is 9.78 Å². The Morgan fingerprint density at radius 3 is 2.76 bits per heavy atom. The van der Waals surface area contributed by atoms with E-state index in [0.29, 0.717) is 18.1 Å². The highest BCUT2D eigenvalue weighted by Crippen LogP contribution is 2.19. The molecule has 0 radical (unpaired) electrons. The number of benzene rings is 1. The van der Waals surface area contributed by atoms with Crippen LogP contribution in [0.25, 0.3) is 11.5 Å². The van der Waals surface area contributed by atoms with Gasteiger partial charge in [0.2, 0.25) is 11.7 Å². The largest absolute Gasteiger partial charge is 0.496 e. The first-order valence-corrected chi connectivity index (χ1v) is 7.72. The van der Waals surface area contributed by atoms with Crippen molar-refractivity contribution in [1.82, 2.24) is 30.1 Å². The number of aromatic nitrogens is 5. The number of carbonyl (C=O) groups excluding carboxylic acids is 1. The summed E-state index contributed by atoms with van der Waals surface area (Å²) in [6.45, 7) is 0.467. The lowest BCUT2D eigenvalue weighted by Crippen LogP contribution is -2.30. The predicted octanol–water partition coefficient (Wildman–Crippen LogP) is 1.40. The number of rotatable bonds is 6. The van der Waals surface area contributed by atoms with Gasteiger partial charge in [-0.1, -0.05) is 24.3 Å². The molecule has 25 heavy (non-hydrogen) atoms. The van der Waals surface area contributed by atoms with Gasteiger partial charge in [0.05, 0.1) is 7.11 Å². The lowest BCUT2D eigenvalue weighted by atomic mass is 10.2. The minimum absolute atomic E-state index is 0.0323. The number of tetrazole rings is 1. The lowest BCUT2D eigenvalue weighted by Gasteiger charge is -2.19. The fraction of sp³-hybridized carbons (Fsp3) is 0.235. The van der Waals surface area contributed by atoms with Crippen LogP contribution in [0.2, 0.25) is 0 Å². The van der Waals surface area contributed by atoms with Gasteiger partial charge in [-0.15, -0.1) is 5.10 Å². The number of para-hydroxylation sites is 1. The number of carbonyl (C=O) groups is 1. The van der Waals surface area contributed by atoms with E-state index in [9.17, 15) is 4.79 Å². The molecule has 1 aromatic carbocycles. The van der Waals surface area contributed by atoms with Gasteiger partial charge in [0.25, 0.3) is 0 Å². The second kappa shape index (κ2) is 7.52. The second-order valence-corrected chi connectivity index (χ2v) is 5.44. The Balaban J connectivity index is 1.72. The van der Waals surface area contributed by atoms with Crippen LogP contribution in [0.15, 0.2) is 48.7 Å². The van der Waals surface area contributed by atoms with Crippen LogP contribution in [0, 0.1) is 0 Å². The Morgan fingerprint density at radius 2 is 2.00 bits per heavy atom. The first kappa shape index (κ1) is 16.6. The molecule has 128 valence electrons. The third kappa shape index (κ3) is 3.79. The van der Waals surface area contributed by atoms with Gasteiger partial charge in [-0.05, 0) is 28.6 Å². The molecule has 8 heteroatoms. The van der Waals surface area contributed by atoms with E-state index in [1.165, 1.54) is 4.68 Å². The normalized spacial score (nSPS) is 10.5. The summed E-state index contributed by atoms with van der Waals surface area (Å²) >= 11 is 0. The van der Waals surface area contributed by atoms with E-state index >= 15 is 0 Å². The third-order valence-corrected chi connectivity index (χ3v) is 3.74. The number of nitrogens with zero attached hydrogens (tertiary/aromatic N) is 6. The van der Waals surface area contributed by atoms with E-state index in [2.05, 4.69) is 20.5 Å². The van der Waals surface area contributed by atoms with Crippen LogP contribution < -0.4 is 4.74 Å². The fourth-order valence-corrected chi connectivity index (χ4v) is 2.42. The summed E-state index contributed by atoms with van der Waals surface area (Å²) in [6.07, 6.45) is 1.66. The third-order valence-electron chi connectivity index (χ3n) is 3.74. The van der Waals surface area contributed by atoms with Gasteiger partial charge < -0.3 is 9.64 Å². The highest BCUT2D eigenvalue weighted by atomic mass is 16.5. The van der Waals surface area contributed by atoms with Gasteiger partial charge in [0.15, 0.2) is 0 Å². The molecule has 0 aliphatic carbocycles. The van der Waals surface area contributed by atoms with E-state index in [-0.39, 0.29) is 12.5 Å². The average Bonchev–Trinajstić information content (AvgIpc) is 3.11. The van der Waals surface area contributed by atoms with Crippen LogP contribution in [0.4, 0.5) is 0 Å². The van der Waals surface area contributed by atoms with Crippen molar-refractivity contribution in [2.75, 3.05) is 14.2 Å². The van der Waals surface area contributed by atoms with Gasteiger partial charge in [0.1, 0.15) is 18.0 Å². The molecule has 1 amide bonds. The van der Waals surface area contributed by atoms with Gasteiger partial charge in [0, 0.05) is 25.4 Å². The molecule has 8 nitrogen and oxygen atoms in total. The maximum atomic E-state index is 12.5. The summed E-state index contributed by atoms with van der Waals surface area (Å²) in [7, 11) is 3.35. The quantitative estimate of drug-likeness (QED) is 0.675. The van der Waals surface area contributed by atoms with Crippen LogP contribution in [0.3, 0.4) is 0 Å². The van der Waals surface area contributed by atoms with Crippen molar-refractivity contribution in [3.05, 3.63) is 54.2 Å². The minimum atomic E-state index is -0.115. The van der Waals surface area contributed by atoms with Gasteiger partial charge >= 0.3 is 0 Å². The first-order valence-electron chi connectivity index (χ1n) is 7.72. The zero-order chi connectivity index (χ0) is 17.6. The number of pyridine rings is 1. The molecular formula is C17H18N6O2. The molecule has 0 aliphatic rings. The number of amides is 1. The van der Waals surface area contributed by atoms with Crippen molar-refractivity contribution in [3.8, 4) is 17.3 Å². The first-order chi connectivity index (χ1) is 12.2. The van der Waals surface area contributed by atoms with Crippen LogP contribution in [-0.2, 0) is 17.9 Å². The van der Waals surface area contributed by atoms with Crippen molar-refractivity contribution >= 4 is 5.91 Å². The van der Waals surface area contributed by atoms with Crippen molar-refractivity contribution in [2.45, 2.75) is 13.1 Å². The van der Waals surface area contributed by atoms with Crippen LogP contribution in [-0.4, -0.2) is 50.2 Å². The maximum absolute atomic E-state index is 12.5. The smallest absolute Gasteiger partial charge is 0.244 e. The highest BCUT2D eigenvalue weighted by Gasteiger charge is 2.17. The Kier molecular flexibility index (Phi) is 4.98. The van der Waals surface area contributed by atoms with Gasteiger partial charge in [-0.2, -0.15) is 0 Å². The Bertz CT molecular complexity index is 849. The molecule has 2 aromatic heterocycles. The van der Waals surface area contributed by atoms with Crippen LogP contribution in [0.1, 0.15) is 5.56 Å². The van der Waals surface area contributed by atoms with Crippen LogP contribution >= 0.6 is 0 Å². The number of methoxy groups -OCH3 is 1. The van der Waals surface area contributed by atoms with E-state index < -0.39 is 0 Å². The molecule has 3 rings (SSSR count). The zero-order valence-corrected chi connectivity index (χ0v) is 14.0. The Hall–Kier alpha value is -3.29. The standard InChI is InChI=1S/C17H18N6O2/c1-22(11-13-7-3-4-9-15(13)25-2)16(24)12-23-17(19-20-21-23)14-8-5-6-10-18-14/h3-10H,11-12H2,1-2H3. The molecule has 0 bridgehead atoms. The summed E-state index contributed by atoms with van der Waals surface area (Å²) in [5, 5.41) is 11.5. The molecule has 0 N–H and O–H groups in total. The second-order valence-electron chi connectivity index (χ2n) is 5.44. The van der Waals surface area contributed by atoms with Gasteiger partial charge in [-0.25, -0.2) is 4.68 Å². The molecule has 0 saturated carbocycles. The van der Waals surface area contributed by atoms with E-state index in [4.69, 9.17) is 4.74 Å². The van der Waals surface area contributed by atoms with E-state index in [0.717, 1.165) is 11.3 Å². The van der Waals surface area contributed by atoms with Crippen LogP contribution in [0.5, 0.6) is 5.75 Å². The molecular weight excluding hydrogens is 320 g/mol. The summed E-state index contributed by atoms with van der Waals surface area (Å²) in [6, 6.07) is 13.1. The molecule has 0 aliphatic heterocycles. The Morgan fingerprint density at radius 1 is 1.20 bits per heavy atom. The molecule has 0 atom stereocenters. The lowest BCUT2D eigenvalue weighted by molar-refractivity contribution is -0.131. The van der Waals surface area contributed by atoms with E-state index in [1.807, 2.05) is 36.4 Å². The van der Waals surface area contributed by atoms with Crippen molar-refractivity contribution in [1.29, 1.82) is 0 Å². The molecule has 0 saturated heterocycles. The van der Waals surface area contributed by atoms with Crippen molar-refractivity contribution < 1.29 is 9.53 Å². The molecule has 0 spiro atoms. The number of ether oxygens (including phenoxy) is 1. The Labute approximate surface area is 145 Å². The summed E-state index contributed by atoms with van der Waals surface area (Å²) in [5.41, 5.74) is 1.55. The number of hydrogen-bond donors (Lipinski definition) is 0. The molecule has 0 unspecified atom stereocenters. The summed E-state index contributed by atoms with van der Waals surface area (Å²) in [5.74, 6) is 1.09. The average molecular weight is 338 g/mol. The number of likely N-dealkylation sites (N-methyl/N-ethyl adjacent to an activating group) is 1. The topological polar surface area (TPSA) is 86.0 Å². The summed E-state index contributed by atoms with van der Waals surface area (Å²) in [4.78, 5) is 18.4. The summed E-state index contributed by atoms with van der Waals surface area (Å²) < 4.78 is 6.77. The van der Waals surface area contributed by atoms with Crippen molar-refractivity contribution in [2.24, 2.45) is 0 Å². The molecule has 0 fully saturated rings. The minimum Gasteiger partial charge on any atom is -0.496 e. The predicted molar refractivity (Wildman–Crippen MR) is 90.5 cm³/mol.